The molecule has 1 aromatic rings. The zero-order valence-corrected chi connectivity index (χ0v) is 14.1. The van der Waals surface area contributed by atoms with E-state index in [2.05, 4.69) is 57.9 Å². The lowest BCUT2D eigenvalue weighted by molar-refractivity contribution is 0.276. The highest BCUT2D eigenvalue weighted by Crippen LogP contribution is 2.16. The van der Waals surface area contributed by atoms with Crippen LogP contribution in [0.25, 0.3) is 0 Å². The van der Waals surface area contributed by atoms with E-state index in [9.17, 15) is 0 Å². The number of rotatable bonds is 9. The van der Waals surface area contributed by atoms with E-state index in [4.69, 9.17) is 4.42 Å². The van der Waals surface area contributed by atoms with Gasteiger partial charge in [-0.1, -0.05) is 27.7 Å². The normalized spacial score (nSPS) is 12.1. The van der Waals surface area contributed by atoms with Gasteiger partial charge in [0.2, 0.25) is 0 Å². The van der Waals surface area contributed by atoms with E-state index >= 15 is 0 Å². The molecule has 0 fully saturated rings. The summed E-state index contributed by atoms with van der Waals surface area (Å²) in [4.78, 5) is 2.34. The van der Waals surface area contributed by atoms with E-state index in [1.165, 1.54) is 12.0 Å². The lowest BCUT2D eigenvalue weighted by atomic mass is 10.1. The SMILES string of the molecule is Cc1oc(CN(C)CCC(C)C)cc1CNCC(C)C. The van der Waals surface area contributed by atoms with Crippen molar-refractivity contribution < 1.29 is 4.42 Å². The molecule has 0 saturated carbocycles. The molecule has 20 heavy (non-hydrogen) atoms. The molecule has 3 nitrogen and oxygen atoms in total. The quantitative estimate of drug-likeness (QED) is 0.745. The van der Waals surface area contributed by atoms with Crippen LogP contribution < -0.4 is 5.32 Å². The summed E-state index contributed by atoms with van der Waals surface area (Å²) >= 11 is 0. The van der Waals surface area contributed by atoms with Crippen LogP contribution in [0.5, 0.6) is 0 Å². The van der Waals surface area contributed by atoms with Crippen LogP contribution in [0.15, 0.2) is 10.5 Å². The Morgan fingerprint density at radius 2 is 1.90 bits per heavy atom. The zero-order valence-electron chi connectivity index (χ0n) is 14.1. The van der Waals surface area contributed by atoms with Crippen molar-refractivity contribution in [2.45, 2.75) is 54.1 Å². The summed E-state index contributed by atoms with van der Waals surface area (Å²) in [6.45, 7) is 15.0. The average Bonchev–Trinajstić information content (AvgIpc) is 2.67. The Hall–Kier alpha value is -0.800. The van der Waals surface area contributed by atoms with Gasteiger partial charge >= 0.3 is 0 Å². The molecule has 0 spiro atoms. The van der Waals surface area contributed by atoms with Gasteiger partial charge in [0.15, 0.2) is 0 Å². The first kappa shape index (κ1) is 17.3. The molecule has 3 heteroatoms. The maximum absolute atomic E-state index is 5.87. The van der Waals surface area contributed by atoms with Crippen molar-refractivity contribution in [3.05, 3.63) is 23.2 Å². The minimum atomic E-state index is 0.684. The van der Waals surface area contributed by atoms with Crippen LogP contribution in [0.2, 0.25) is 0 Å². The number of furan rings is 1. The van der Waals surface area contributed by atoms with Crippen LogP contribution in [0.1, 0.15) is 51.2 Å². The van der Waals surface area contributed by atoms with Gasteiger partial charge in [0.1, 0.15) is 11.5 Å². The topological polar surface area (TPSA) is 28.4 Å². The number of hydrogen-bond donors (Lipinski definition) is 1. The lowest BCUT2D eigenvalue weighted by Gasteiger charge is -2.16. The molecule has 0 aliphatic rings. The molecule has 1 heterocycles. The molecule has 0 atom stereocenters. The first-order valence-electron chi connectivity index (χ1n) is 7.86. The van der Waals surface area contributed by atoms with Gasteiger partial charge in [0.05, 0.1) is 6.54 Å². The van der Waals surface area contributed by atoms with E-state index < -0.39 is 0 Å². The van der Waals surface area contributed by atoms with Gasteiger partial charge in [-0.15, -0.1) is 0 Å². The molecule has 1 rings (SSSR count). The Kier molecular flexibility index (Phi) is 7.31. The van der Waals surface area contributed by atoms with Crippen molar-refractivity contribution in [2.75, 3.05) is 20.1 Å². The van der Waals surface area contributed by atoms with Crippen LogP contribution in [0.3, 0.4) is 0 Å². The predicted molar refractivity (Wildman–Crippen MR) is 85.8 cm³/mol. The molecule has 0 saturated heterocycles. The zero-order chi connectivity index (χ0) is 15.1. The van der Waals surface area contributed by atoms with Crippen molar-refractivity contribution in [1.82, 2.24) is 10.2 Å². The average molecular weight is 280 g/mol. The molecule has 0 bridgehead atoms. The lowest BCUT2D eigenvalue weighted by Crippen LogP contribution is -2.20. The molecule has 0 aromatic carbocycles. The first-order chi connectivity index (χ1) is 9.38. The summed E-state index contributed by atoms with van der Waals surface area (Å²) in [6, 6.07) is 2.20. The number of hydrogen-bond acceptors (Lipinski definition) is 3. The molecule has 0 unspecified atom stereocenters. The molecule has 116 valence electrons. The van der Waals surface area contributed by atoms with E-state index in [-0.39, 0.29) is 0 Å². The van der Waals surface area contributed by atoms with E-state index in [0.29, 0.717) is 5.92 Å². The largest absolute Gasteiger partial charge is 0.465 e. The van der Waals surface area contributed by atoms with E-state index in [1.54, 1.807) is 0 Å². The fourth-order valence-corrected chi connectivity index (χ4v) is 2.16. The van der Waals surface area contributed by atoms with Crippen LogP contribution in [0.4, 0.5) is 0 Å². The molecular formula is C17H32N2O. The van der Waals surface area contributed by atoms with Gasteiger partial charge in [-0.05, 0) is 51.4 Å². The van der Waals surface area contributed by atoms with E-state index in [1.807, 2.05) is 0 Å². The van der Waals surface area contributed by atoms with Crippen molar-refractivity contribution in [1.29, 1.82) is 0 Å². The summed E-state index contributed by atoms with van der Waals surface area (Å²) in [5, 5.41) is 3.48. The second kappa shape index (κ2) is 8.48. The summed E-state index contributed by atoms with van der Waals surface area (Å²) in [7, 11) is 2.16. The predicted octanol–water partition coefficient (Wildman–Crippen LogP) is 3.81. The van der Waals surface area contributed by atoms with Gasteiger partial charge < -0.3 is 9.73 Å². The molecular weight excluding hydrogens is 248 g/mol. The van der Waals surface area contributed by atoms with E-state index in [0.717, 1.165) is 43.6 Å². The molecule has 0 radical (unpaired) electrons. The smallest absolute Gasteiger partial charge is 0.118 e. The fraction of sp³-hybridized carbons (Fsp3) is 0.765. The van der Waals surface area contributed by atoms with Gasteiger partial charge in [-0.3, -0.25) is 4.90 Å². The second-order valence-corrected chi connectivity index (χ2v) is 6.74. The van der Waals surface area contributed by atoms with Gasteiger partial charge in [0.25, 0.3) is 0 Å². The standard InChI is InChI=1S/C17H32N2O/c1-13(2)7-8-19(6)12-17-9-16(15(5)20-17)11-18-10-14(3)4/h9,13-14,18H,7-8,10-12H2,1-6H3. The van der Waals surface area contributed by atoms with Crippen molar-refractivity contribution in [3.63, 3.8) is 0 Å². The van der Waals surface area contributed by atoms with Crippen molar-refractivity contribution in [3.8, 4) is 0 Å². The summed E-state index contributed by atoms with van der Waals surface area (Å²) in [5.41, 5.74) is 1.29. The molecule has 0 aliphatic heterocycles. The number of nitrogens with one attached hydrogen (secondary N) is 1. The Morgan fingerprint density at radius 3 is 2.50 bits per heavy atom. The number of aryl methyl sites for hydroxylation is 1. The van der Waals surface area contributed by atoms with Crippen LogP contribution in [0, 0.1) is 18.8 Å². The summed E-state index contributed by atoms with van der Waals surface area (Å²) in [5.74, 6) is 3.57. The highest BCUT2D eigenvalue weighted by atomic mass is 16.3. The Labute approximate surface area is 124 Å². The highest BCUT2D eigenvalue weighted by Gasteiger charge is 2.10. The third kappa shape index (κ3) is 6.58. The highest BCUT2D eigenvalue weighted by molar-refractivity contribution is 5.20. The second-order valence-electron chi connectivity index (χ2n) is 6.74. The summed E-state index contributed by atoms with van der Waals surface area (Å²) < 4.78 is 5.87. The summed E-state index contributed by atoms with van der Waals surface area (Å²) in [6.07, 6.45) is 1.24. The minimum absolute atomic E-state index is 0.684. The van der Waals surface area contributed by atoms with Crippen LogP contribution in [-0.2, 0) is 13.1 Å². The molecule has 1 N–H and O–H groups in total. The molecule has 0 aliphatic carbocycles. The van der Waals surface area contributed by atoms with Crippen LogP contribution >= 0.6 is 0 Å². The Bertz CT molecular complexity index is 382. The molecule has 1 aromatic heterocycles. The van der Waals surface area contributed by atoms with Gasteiger partial charge in [-0.25, -0.2) is 0 Å². The molecule has 0 amide bonds. The fourth-order valence-electron chi connectivity index (χ4n) is 2.16. The Morgan fingerprint density at radius 1 is 1.20 bits per heavy atom. The Balaban J connectivity index is 2.43. The van der Waals surface area contributed by atoms with Crippen molar-refractivity contribution >= 4 is 0 Å². The third-order valence-corrected chi connectivity index (χ3v) is 3.45. The third-order valence-electron chi connectivity index (χ3n) is 3.45. The first-order valence-corrected chi connectivity index (χ1v) is 7.86. The van der Waals surface area contributed by atoms with Crippen LogP contribution in [-0.4, -0.2) is 25.0 Å². The number of nitrogens with zero attached hydrogens (tertiary/aromatic N) is 1. The van der Waals surface area contributed by atoms with Crippen molar-refractivity contribution in [2.24, 2.45) is 11.8 Å². The monoisotopic (exact) mass is 280 g/mol. The maximum atomic E-state index is 5.87. The van der Waals surface area contributed by atoms with Gasteiger partial charge in [0, 0.05) is 12.1 Å². The maximum Gasteiger partial charge on any atom is 0.118 e. The van der Waals surface area contributed by atoms with Gasteiger partial charge in [-0.2, -0.15) is 0 Å². The minimum Gasteiger partial charge on any atom is -0.465 e.